The van der Waals surface area contributed by atoms with Crippen LogP contribution in [0.1, 0.15) is 132 Å². The van der Waals surface area contributed by atoms with Crippen molar-refractivity contribution in [1.29, 1.82) is 0 Å². The number of hydrogen-bond acceptors (Lipinski definition) is 12. The van der Waals surface area contributed by atoms with E-state index in [4.69, 9.17) is 49.4 Å². The average molecular weight is 932 g/mol. The van der Waals surface area contributed by atoms with Gasteiger partial charge in [0.15, 0.2) is 0 Å². The Bertz CT molecular complexity index is 2280. The highest BCUT2D eigenvalue weighted by Gasteiger charge is 2.66. The Morgan fingerprint density at radius 1 is 0.746 bits per heavy atom. The number of nitrogens with zero attached hydrogens (tertiary/aromatic N) is 3. The molecule has 0 radical (unpaired) electrons. The van der Waals surface area contributed by atoms with E-state index in [2.05, 4.69) is 10.6 Å². The molecule has 8 bridgehead atoms. The maximum atomic E-state index is 13.4. The van der Waals surface area contributed by atoms with Crippen molar-refractivity contribution in [3.05, 3.63) is 34.8 Å². The normalized spacial score (nSPS) is 34.7. The number of hydrogen-bond donors (Lipinski definition) is 9. The first-order valence-electron chi connectivity index (χ1n) is 23.4. The SMILES string of the molecule is C/C1=C2N=C(/C=C3\N/C(=C\C4=NC([C@H](CC(N)=O)[C@@]4(C)CCCC(=O)NC[C@H](C)O)[C@@]4(C)N=C1[C@@H](CCC(N)=O)[C@]4(C)CC(N)=O)[C@@H](CCC(N)=O)C3(C)C)[C@@H](CCC(N)=O)[C@]/2(C)CC(N)=O. The molecule has 19 heteroatoms. The molecule has 5 aliphatic rings. The number of carbonyl (C=O) groups is 7. The molecule has 5 rings (SSSR count). The van der Waals surface area contributed by atoms with Gasteiger partial charge in [-0.25, -0.2) is 0 Å². The predicted molar refractivity (Wildman–Crippen MR) is 254 cm³/mol. The van der Waals surface area contributed by atoms with E-state index in [1.165, 1.54) is 0 Å². The summed E-state index contributed by atoms with van der Waals surface area (Å²) in [6.07, 6.45) is 3.99. The van der Waals surface area contributed by atoms with Gasteiger partial charge in [0.2, 0.25) is 41.4 Å². The Kier molecular flexibility index (Phi) is 15.2. The van der Waals surface area contributed by atoms with Crippen molar-refractivity contribution in [3.63, 3.8) is 0 Å². The summed E-state index contributed by atoms with van der Waals surface area (Å²) in [6, 6.07) is -0.863. The van der Waals surface area contributed by atoms with Gasteiger partial charge in [0, 0.05) is 125 Å². The lowest BCUT2D eigenvalue weighted by atomic mass is 9.55. The van der Waals surface area contributed by atoms with Crippen molar-refractivity contribution in [2.24, 2.45) is 94.7 Å². The summed E-state index contributed by atoms with van der Waals surface area (Å²) in [6.45, 7) is 15.2. The minimum atomic E-state index is -1.36. The van der Waals surface area contributed by atoms with Gasteiger partial charge in [-0.3, -0.25) is 48.5 Å². The molecule has 19 nitrogen and oxygen atoms in total. The van der Waals surface area contributed by atoms with E-state index >= 15 is 0 Å². The van der Waals surface area contributed by atoms with E-state index in [9.17, 15) is 38.7 Å². The molecule has 7 amide bonds. The van der Waals surface area contributed by atoms with E-state index in [0.717, 1.165) is 5.70 Å². The standard InChI is InChI=1S/C48H73N11O8/c1-24(60)23-55-40(67)10-9-17-45(5)29(18-37(52)64)43-48(8)47(7,22-39(54)66)28(13-16-36(51)63)41(59-48)25(2)42-46(6,21-38(53)65)27(12-15-35(50)62)31(57-42)19-32-44(3,4)26(11-14-34(49)61)30(56-32)20-33(45)58-43/h19-20,24,26-29,43,56,60H,9-18,21-23H2,1-8H3,(H2,49,61)(H2,50,62)(H2,51,63)(H2,52,64)(H2,53,65)(H2,54,66)(H,55,67)/b30-20-,32-19-,42-25-/t24-,26+,27+,28+,29-,43?,45+,46-,47-,48+/m0/s1. The molecule has 1 unspecified atom stereocenters. The molecule has 0 aromatic rings. The minimum Gasteiger partial charge on any atom is -0.392 e. The van der Waals surface area contributed by atoms with Gasteiger partial charge in [-0.15, -0.1) is 0 Å². The van der Waals surface area contributed by atoms with Gasteiger partial charge in [-0.1, -0.05) is 34.6 Å². The fourth-order valence-electron chi connectivity index (χ4n) is 12.1. The number of allylic oxidation sites excluding steroid dienone is 6. The topological polar surface area (TPSA) is 357 Å². The van der Waals surface area contributed by atoms with Gasteiger partial charge < -0.3 is 50.1 Å². The van der Waals surface area contributed by atoms with Crippen LogP contribution in [0.2, 0.25) is 0 Å². The number of aliphatic hydroxyl groups is 1. The summed E-state index contributed by atoms with van der Waals surface area (Å²) in [5.41, 5.74) is 34.4. The van der Waals surface area contributed by atoms with Gasteiger partial charge in [-0.05, 0) is 70.6 Å². The summed E-state index contributed by atoms with van der Waals surface area (Å²) in [5, 5.41) is 16.2. The molecular weight excluding hydrogens is 859 g/mol. The lowest BCUT2D eigenvalue weighted by Gasteiger charge is -2.48. The zero-order valence-electron chi connectivity index (χ0n) is 40.4. The largest absolute Gasteiger partial charge is 0.392 e. The number of nitrogens with one attached hydrogen (secondary N) is 2. The predicted octanol–water partition coefficient (Wildman–Crippen LogP) is 1.74. The highest BCUT2D eigenvalue weighted by molar-refractivity contribution is 6.09. The van der Waals surface area contributed by atoms with Gasteiger partial charge >= 0.3 is 0 Å². The average Bonchev–Trinajstić information content (AvgIpc) is 3.78. The molecule has 0 aromatic carbocycles. The first-order valence-corrected chi connectivity index (χ1v) is 23.4. The number of fused-ring (bicyclic) bond motifs is 6. The van der Waals surface area contributed by atoms with E-state index in [1.54, 1.807) is 6.92 Å². The maximum absolute atomic E-state index is 13.4. The molecule has 10 atom stereocenters. The Labute approximate surface area is 393 Å². The summed E-state index contributed by atoms with van der Waals surface area (Å²) in [7, 11) is 0. The third kappa shape index (κ3) is 10.3. The van der Waals surface area contributed by atoms with E-state index in [-0.39, 0.29) is 76.2 Å². The summed E-state index contributed by atoms with van der Waals surface area (Å²) in [4.78, 5) is 107. The second-order valence-corrected chi connectivity index (χ2v) is 21.1. The quantitative estimate of drug-likeness (QED) is 0.0808. The molecule has 67 heavy (non-hydrogen) atoms. The smallest absolute Gasteiger partial charge is 0.220 e. The third-order valence-electron chi connectivity index (χ3n) is 15.9. The fraction of sp³-hybridized carbons (Fsp3) is 0.667. The van der Waals surface area contributed by atoms with Crippen LogP contribution < -0.4 is 45.0 Å². The van der Waals surface area contributed by atoms with Crippen LogP contribution in [0.4, 0.5) is 0 Å². The van der Waals surface area contributed by atoms with Crippen molar-refractivity contribution < 1.29 is 38.7 Å². The lowest BCUT2D eigenvalue weighted by Crippen LogP contribution is -2.56. The van der Waals surface area contributed by atoms with Crippen LogP contribution in [0, 0.1) is 45.3 Å². The van der Waals surface area contributed by atoms with E-state index < -0.39 is 92.5 Å². The number of aliphatic hydroxyl groups excluding tert-OH is 1. The van der Waals surface area contributed by atoms with Crippen molar-refractivity contribution in [2.45, 2.75) is 150 Å². The van der Waals surface area contributed by atoms with Gasteiger partial charge in [0.25, 0.3) is 0 Å². The minimum absolute atomic E-state index is 0.0305. The highest BCUT2D eigenvalue weighted by Crippen LogP contribution is 2.62. The van der Waals surface area contributed by atoms with Crippen molar-refractivity contribution in [2.75, 3.05) is 6.54 Å². The zero-order valence-corrected chi connectivity index (χ0v) is 40.4. The highest BCUT2D eigenvalue weighted by atomic mass is 16.3. The summed E-state index contributed by atoms with van der Waals surface area (Å²) < 4.78 is 0. The van der Waals surface area contributed by atoms with Crippen LogP contribution in [0.15, 0.2) is 49.8 Å². The summed E-state index contributed by atoms with van der Waals surface area (Å²) in [5.74, 6) is -6.02. The Morgan fingerprint density at radius 3 is 1.85 bits per heavy atom. The molecule has 0 aromatic heterocycles. The first-order chi connectivity index (χ1) is 31.0. The van der Waals surface area contributed by atoms with Gasteiger partial charge in [-0.2, -0.15) is 0 Å². The second-order valence-electron chi connectivity index (χ2n) is 21.1. The molecule has 0 spiro atoms. The van der Waals surface area contributed by atoms with Crippen LogP contribution in [0.3, 0.4) is 0 Å². The number of rotatable bonds is 21. The lowest BCUT2D eigenvalue weighted by molar-refractivity contribution is -0.123. The molecule has 0 aliphatic carbocycles. The van der Waals surface area contributed by atoms with Crippen LogP contribution in [-0.2, 0) is 33.6 Å². The van der Waals surface area contributed by atoms with Crippen molar-refractivity contribution >= 4 is 58.5 Å². The van der Waals surface area contributed by atoms with Crippen molar-refractivity contribution in [1.82, 2.24) is 10.6 Å². The van der Waals surface area contributed by atoms with Crippen LogP contribution in [0.5, 0.6) is 0 Å². The number of carbonyl (C=O) groups excluding carboxylic acids is 7. The molecule has 368 valence electrons. The zero-order chi connectivity index (χ0) is 50.2. The van der Waals surface area contributed by atoms with Gasteiger partial charge in [0.1, 0.15) is 0 Å². The molecule has 1 fully saturated rings. The van der Waals surface area contributed by atoms with Gasteiger partial charge in [0.05, 0.1) is 23.4 Å². The first kappa shape index (κ1) is 52.3. The third-order valence-corrected chi connectivity index (χ3v) is 15.9. The Hall–Kier alpha value is -5.72. The monoisotopic (exact) mass is 932 g/mol. The van der Waals surface area contributed by atoms with Crippen molar-refractivity contribution in [3.8, 4) is 0 Å². The van der Waals surface area contributed by atoms with E-state index in [1.807, 2.05) is 60.6 Å². The van der Waals surface area contributed by atoms with Crippen LogP contribution in [-0.4, -0.2) is 87.8 Å². The van der Waals surface area contributed by atoms with E-state index in [0.29, 0.717) is 53.4 Å². The molecular formula is C48H73N11O8. The Morgan fingerprint density at radius 2 is 1.31 bits per heavy atom. The van der Waals surface area contributed by atoms with Crippen LogP contribution >= 0.6 is 0 Å². The molecule has 0 saturated carbocycles. The second kappa shape index (κ2) is 19.5. The molecule has 5 aliphatic heterocycles. The number of primary amides is 6. The Balaban J connectivity index is 1.93. The summed E-state index contributed by atoms with van der Waals surface area (Å²) >= 11 is 0. The maximum Gasteiger partial charge on any atom is 0.220 e. The number of nitrogens with two attached hydrogens (primary N) is 6. The molecule has 15 N–H and O–H groups in total. The fourth-order valence-corrected chi connectivity index (χ4v) is 12.1. The molecule has 5 heterocycles. The molecule has 1 saturated heterocycles. The number of amides is 7. The van der Waals surface area contributed by atoms with Crippen LogP contribution in [0.25, 0.3) is 0 Å². The number of aliphatic imine (C=N–C) groups is 3.